The number of nitrogens with zero attached hydrogens (tertiary/aromatic N) is 2. The van der Waals surface area contributed by atoms with Gasteiger partial charge in [0, 0.05) is 13.1 Å². The molecule has 0 amide bonds. The van der Waals surface area contributed by atoms with E-state index in [1.54, 1.807) is 12.1 Å². The van der Waals surface area contributed by atoms with Gasteiger partial charge in [0.05, 0.1) is 17.7 Å². The molecule has 1 atom stereocenters. The standard InChI is InChI=1S/C18H20N2O/c1-14-4-3-5-16(10-14)12-20(2)13-18(21)17-8-6-15(11-19)7-9-17/h3-10,18,21H,12-13H2,1-2H3. The van der Waals surface area contributed by atoms with E-state index in [1.807, 2.05) is 19.2 Å². The molecular formula is C18H20N2O. The van der Waals surface area contributed by atoms with Crippen molar-refractivity contribution in [1.29, 1.82) is 5.26 Å². The number of hydrogen-bond acceptors (Lipinski definition) is 3. The minimum atomic E-state index is -0.549. The lowest BCUT2D eigenvalue weighted by Crippen LogP contribution is -2.24. The van der Waals surface area contributed by atoms with E-state index in [2.05, 4.69) is 42.2 Å². The minimum absolute atomic E-state index is 0.549. The Hall–Kier alpha value is -2.15. The maximum absolute atomic E-state index is 10.3. The molecule has 0 radical (unpaired) electrons. The van der Waals surface area contributed by atoms with Crippen molar-refractivity contribution >= 4 is 0 Å². The van der Waals surface area contributed by atoms with Gasteiger partial charge in [0.1, 0.15) is 0 Å². The zero-order valence-electron chi connectivity index (χ0n) is 12.5. The second-order valence-electron chi connectivity index (χ2n) is 5.44. The zero-order chi connectivity index (χ0) is 15.2. The van der Waals surface area contributed by atoms with E-state index in [0.717, 1.165) is 12.1 Å². The van der Waals surface area contributed by atoms with Crippen molar-refractivity contribution < 1.29 is 5.11 Å². The lowest BCUT2D eigenvalue weighted by Gasteiger charge is -2.21. The zero-order valence-corrected chi connectivity index (χ0v) is 12.5. The lowest BCUT2D eigenvalue weighted by atomic mass is 10.1. The molecule has 3 heteroatoms. The van der Waals surface area contributed by atoms with Crippen LogP contribution in [0.15, 0.2) is 48.5 Å². The Labute approximate surface area is 126 Å². The van der Waals surface area contributed by atoms with Crippen LogP contribution in [0.4, 0.5) is 0 Å². The van der Waals surface area contributed by atoms with Crippen molar-refractivity contribution in [3.05, 3.63) is 70.8 Å². The summed E-state index contributed by atoms with van der Waals surface area (Å²) >= 11 is 0. The highest BCUT2D eigenvalue weighted by atomic mass is 16.3. The summed E-state index contributed by atoms with van der Waals surface area (Å²) in [5, 5.41) is 19.0. The molecule has 0 aliphatic carbocycles. The summed E-state index contributed by atoms with van der Waals surface area (Å²) in [5.74, 6) is 0. The van der Waals surface area contributed by atoms with Crippen LogP contribution in [0.5, 0.6) is 0 Å². The SMILES string of the molecule is Cc1cccc(CN(C)CC(O)c2ccc(C#N)cc2)c1. The molecule has 0 aromatic heterocycles. The monoisotopic (exact) mass is 280 g/mol. The van der Waals surface area contributed by atoms with Crippen LogP contribution in [0.1, 0.15) is 28.4 Å². The van der Waals surface area contributed by atoms with Crippen molar-refractivity contribution in [2.24, 2.45) is 0 Å². The highest BCUT2D eigenvalue weighted by Crippen LogP contribution is 2.16. The van der Waals surface area contributed by atoms with Gasteiger partial charge in [0.2, 0.25) is 0 Å². The molecule has 1 N–H and O–H groups in total. The quantitative estimate of drug-likeness (QED) is 0.915. The maximum atomic E-state index is 10.3. The Balaban J connectivity index is 1.95. The fraction of sp³-hybridized carbons (Fsp3) is 0.278. The molecule has 3 nitrogen and oxygen atoms in total. The molecule has 2 aromatic carbocycles. The van der Waals surface area contributed by atoms with Gasteiger partial charge in [-0.25, -0.2) is 0 Å². The third-order valence-electron chi connectivity index (χ3n) is 3.44. The topological polar surface area (TPSA) is 47.3 Å². The van der Waals surface area contributed by atoms with Crippen LogP contribution in [0, 0.1) is 18.3 Å². The van der Waals surface area contributed by atoms with Gasteiger partial charge in [-0.3, -0.25) is 4.90 Å². The molecule has 1 unspecified atom stereocenters. The summed E-state index contributed by atoms with van der Waals surface area (Å²) in [5.41, 5.74) is 3.93. The van der Waals surface area contributed by atoms with E-state index in [9.17, 15) is 5.11 Å². The first-order valence-corrected chi connectivity index (χ1v) is 7.00. The summed E-state index contributed by atoms with van der Waals surface area (Å²) < 4.78 is 0. The number of aryl methyl sites for hydroxylation is 1. The molecule has 0 aliphatic heterocycles. The van der Waals surface area contributed by atoms with E-state index in [1.165, 1.54) is 11.1 Å². The van der Waals surface area contributed by atoms with Gasteiger partial charge in [0.15, 0.2) is 0 Å². The van der Waals surface area contributed by atoms with E-state index in [4.69, 9.17) is 5.26 Å². The fourth-order valence-electron chi connectivity index (χ4n) is 2.37. The highest BCUT2D eigenvalue weighted by Gasteiger charge is 2.11. The van der Waals surface area contributed by atoms with Crippen molar-refractivity contribution in [2.45, 2.75) is 19.6 Å². The fourth-order valence-corrected chi connectivity index (χ4v) is 2.37. The molecular weight excluding hydrogens is 260 g/mol. The minimum Gasteiger partial charge on any atom is -0.387 e. The van der Waals surface area contributed by atoms with Crippen LogP contribution in [-0.2, 0) is 6.54 Å². The maximum Gasteiger partial charge on any atom is 0.0991 e. The van der Waals surface area contributed by atoms with Gasteiger partial charge >= 0.3 is 0 Å². The van der Waals surface area contributed by atoms with Gasteiger partial charge < -0.3 is 5.11 Å². The molecule has 0 saturated carbocycles. The van der Waals surface area contributed by atoms with E-state index in [-0.39, 0.29) is 0 Å². The average Bonchev–Trinajstić information content (AvgIpc) is 2.47. The average molecular weight is 280 g/mol. The molecule has 2 aromatic rings. The Morgan fingerprint density at radius 2 is 1.90 bits per heavy atom. The summed E-state index contributed by atoms with van der Waals surface area (Å²) in [7, 11) is 2.00. The van der Waals surface area contributed by atoms with Crippen LogP contribution < -0.4 is 0 Å². The predicted molar refractivity (Wildman–Crippen MR) is 83.6 cm³/mol. The van der Waals surface area contributed by atoms with Crippen LogP contribution >= 0.6 is 0 Å². The summed E-state index contributed by atoms with van der Waals surface area (Å²) in [6.07, 6.45) is -0.549. The second kappa shape index (κ2) is 7.03. The number of benzene rings is 2. The molecule has 21 heavy (non-hydrogen) atoms. The molecule has 108 valence electrons. The lowest BCUT2D eigenvalue weighted by molar-refractivity contribution is 0.124. The highest BCUT2D eigenvalue weighted by molar-refractivity contribution is 5.32. The van der Waals surface area contributed by atoms with Crippen LogP contribution in [0.2, 0.25) is 0 Å². The van der Waals surface area contributed by atoms with Crippen molar-refractivity contribution in [3.63, 3.8) is 0 Å². The molecule has 0 heterocycles. The van der Waals surface area contributed by atoms with E-state index < -0.39 is 6.10 Å². The summed E-state index contributed by atoms with van der Waals surface area (Å²) in [4.78, 5) is 2.09. The van der Waals surface area contributed by atoms with E-state index in [0.29, 0.717) is 12.1 Å². The number of aliphatic hydroxyl groups excluding tert-OH is 1. The van der Waals surface area contributed by atoms with Gasteiger partial charge in [0.25, 0.3) is 0 Å². The molecule has 2 rings (SSSR count). The number of likely N-dealkylation sites (N-methyl/N-ethyl adjacent to an activating group) is 1. The molecule has 0 aliphatic rings. The Morgan fingerprint density at radius 3 is 2.52 bits per heavy atom. The largest absolute Gasteiger partial charge is 0.387 e. The second-order valence-corrected chi connectivity index (χ2v) is 5.44. The van der Waals surface area contributed by atoms with Gasteiger partial charge in [-0.2, -0.15) is 5.26 Å². The third kappa shape index (κ3) is 4.42. The summed E-state index contributed by atoms with van der Waals surface area (Å²) in [6, 6.07) is 17.6. The smallest absolute Gasteiger partial charge is 0.0991 e. The Bertz CT molecular complexity index is 628. The number of aliphatic hydroxyl groups is 1. The molecule has 0 bridgehead atoms. The summed E-state index contributed by atoms with van der Waals surface area (Å²) in [6.45, 7) is 3.43. The van der Waals surface area contributed by atoms with Gasteiger partial charge in [-0.05, 0) is 37.2 Å². The van der Waals surface area contributed by atoms with Crippen molar-refractivity contribution in [2.75, 3.05) is 13.6 Å². The van der Waals surface area contributed by atoms with Crippen LogP contribution in [0.25, 0.3) is 0 Å². The normalized spacial score (nSPS) is 12.1. The number of rotatable bonds is 5. The van der Waals surface area contributed by atoms with E-state index >= 15 is 0 Å². The van der Waals surface area contributed by atoms with Crippen LogP contribution in [-0.4, -0.2) is 23.6 Å². The van der Waals surface area contributed by atoms with Crippen molar-refractivity contribution in [3.8, 4) is 6.07 Å². The predicted octanol–water partition coefficient (Wildman–Crippen LogP) is 3.03. The first-order chi connectivity index (χ1) is 10.1. The molecule has 0 spiro atoms. The molecule has 0 saturated heterocycles. The molecule has 0 fully saturated rings. The van der Waals surface area contributed by atoms with Gasteiger partial charge in [-0.15, -0.1) is 0 Å². The van der Waals surface area contributed by atoms with Crippen LogP contribution in [0.3, 0.4) is 0 Å². The first kappa shape index (κ1) is 15.2. The van der Waals surface area contributed by atoms with Crippen molar-refractivity contribution in [1.82, 2.24) is 4.90 Å². The number of hydrogen-bond donors (Lipinski definition) is 1. The van der Waals surface area contributed by atoms with Gasteiger partial charge in [-0.1, -0.05) is 42.0 Å². The first-order valence-electron chi connectivity index (χ1n) is 7.00. The Kier molecular flexibility index (Phi) is 5.10. The Morgan fingerprint density at radius 1 is 1.19 bits per heavy atom. The number of nitriles is 1. The third-order valence-corrected chi connectivity index (χ3v) is 3.44.